The fraction of sp³-hybridized carbons (Fsp3) is 0.227. The number of hydrogen-bond acceptors (Lipinski definition) is 7. The molecule has 8 nitrogen and oxygen atoms in total. The van der Waals surface area contributed by atoms with Gasteiger partial charge in [0.15, 0.2) is 11.5 Å². The average Bonchev–Trinajstić information content (AvgIpc) is 3.31. The molecule has 8 heteroatoms. The topological polar surface area (TPSA) is 76.8 Å². The molecule has 1 N–H and O–H groups in total. The molecule has 0 spiro atoms. The molecule has 0 radical (unpaired) electrons. The van der Waals surface area contributed by atoms with Crippen molar-refractivity contribution in [3.05, 3.63) is 61.3 Å². The van der Waals surface area contributed by atoms with Crippen LogP contribution in [0.1, 0.15) is 0 Å². The van der Waals surface area contributed by atoms with Gasteiger partial charge in [-0.15, -0.1) is 0 Å². The standard InChI is InChI=1S/C22H22N6O2/c1-29-19-12-16(13-23-14-19)20-15-25-21(22-24-6-7-28(20)22)26-17-2-4-18(5-3-17)27-8-10-30-11-9-27/h2-7,12-15H,8-11H2,1H3,(H,25,26). The number of nitrogens with zero attached hydrogens (tertiary/aromatic N) is 5. The van der Waals surface area contributed by atoms with Gasteiger partial charge in [-0.25, -0.2) is 9.97 Å². The number of imidazole rings is 1. The van der Waals surface area contributed by atoms with Crippen LogP contribution >= 0.6 is 0 Å². The van der Waals surface area contributed by atoms with Crippen LogP contribution in [0, 0.1) is 0 Å². The average molecular weight is 402 g/mol. The van der Waals surface area contributed by atoms with Gasteiger partial charge in [-0.3, -0.25) is 9.38 Å². The highest BCUT2D eigenvalue weighted by Crippen LogP contribution is 2.27. The third kappa shape index (κ3) is 3.53. The lowest BCUT2D eigenvalue weighted by atomic mass is 10.2. The second-order valence-electron chi connectivity index (χ2n) is 7.00. The Hall–Kier alpha value is -3.65. The molecular formula is C22H22N6O2. The van der Waals surface area contributed by atoms with E-state index in [1.807, 2.05) is 22.9 Å². The van der Waals surface area contributed by atoms with Gasteiger partial charge in [0.1, 0.15) is 5.75 Å². The summed E-state index contributed by atoms with van der Waals surface area (Å²) in [6.07, 6.45) is 8.96. The van der Waals surface area contributed by atoms with Crippen LogP contribution in [0.25, 0.3) is 16.9 Å². The van der Waals surface area contributed by atoms with E-state index in [0.717, 1.165) is 48.9 Å². The molecule has 0 bridgehead atoms. The molecule has 1 saturated heterocycles. The Labute approximate surface area is 174 Å². The van der Waals surface area contributed by atoms with Crippen molar-refractivity contribution in [2.24, 2.45) is 0 Å². The van der Waals surface area contributed by atoms with Crippen molar-refractivity contribution in [2.75, 3.05) is 43.6 Å². The fourth-order valence-corrected chi connectivity index (χ4v) is 3.60. The number of anilines is 3. The third-order valence-electron chi connectivity index (χ3n) is 5.18. The summed E-state index contributed by atoms with van der Waals surface area (Å²) in [5.41, 5.74) is 4.70. The maximum atomic E-state index is 5.43. The summed E-state index contributed by atoms with van der Waals surface area (Å²) in [6.45, 7) is 3.39. The van der Waals surface area contributed by atoms with E-state index in [1.54, 1.807) is 25.7 Å². The van der Waals surface area contributed by atoms with Gasteiger partial charge in [-0.2, -0.15) is 0 Å². The predicted octanol–water partition coefficient (Wildman–Crippen LogP) is 3.38. The number of pyridine rings is 1. The number of morpholine rings is 1. The molecule has 0 aliphatic carbocycles. The van der Waals surface area contributed by atoms with Gasteiger partial charge in [-0.1, -0.05) is 0 Å². The highest BCUT2D eigenvalue weighted by atomic mass is 16.5. The van der Waals surface area contributed by atoms with Gasteiger partial charge in [0.25, 0.3) is 0 Å². The Morgan fingerprint density at radius 2 is 1.87 bits per heavy atom. The van der Waals surface area contributed by atoms with E-state index in [9.17, 15) is 0 Å². The molecule has 1 fully saturated rings. The lowest BCUT2D eigenvalue weighted by Gasteiger charge is -2.28. The first-order valence-electron chi connectivity index (χ1n) is 9.83. The fourth-order valence-electron chi connectivity index (χ4n) is 3.60. The number of ether oxygens (including phenoxy) is 2. The van der Waals surface area contributed by atoms with E-state index in [4.69, 9.17) is 9.47 Å². The van der Waals surface area contributed by atoms with E-state index < -0.39 is 0 Å². The quantitative estimate of drug-likeness (QED) is 0.548. The number of fused-ring (bicyclic) bond motifs is 1. The first-order chi connectivity index (χ1) is 14.8. The van der Waals surface area contributed by atoms with Crippen molar-refractivity contribution in [1.29, 1.82) is 0 Å². The first kappa shape index (κ1) is 18.4. The molecule has 1 aliphatic heterocycles. The molecule has 30 heavy (non-hydrogen) atoms. The highest BCUT2D eigenvalue weighted by molar-refractivity contribution is 5.74. The summed E-state index contributed by atoms with van der Waals surface area (Å²) in [5.74, 6) is 1.39. The molecular weight excluding hydrogens is 380 g/mol. The maximum absolute atomic E-state index is 5.43. The van der Waals surface area contributed by atoms with Crippen molar-refractivity contribution in [2.45, 2.75) is 0 Å². The summed E-state index contributed by atoms with van der Waals surface area (Å²) in [4.78, 5) is 15.7. The first-order valence-corrected chi connectivity index (χ1v) is 9.83. The molecule has 0 amide bonds. The van der Waals surface area contributed by atoms with E-state index in [1.165, 1.54) is 5.69 Å². The van der Waals surface area contributed by atoms with E-state index in [-0.39, 0.29) is 0 Å². The molecule has 0 unspecified atom stereocenters. The number of rotatable bonds is 5. The number of hydrogen-bond donors (Lipinski definition) is 1. The zero-order chi connectivity index (χ0) is 20.3. The lowest BCUT2D eigenvalue weighted by molar-refractivity contribution is 0.122. The van der Waals surface area contributed by atoms with Crippen LogP contribution in [0.2, 0.25) is 0 Å². The summed E-state index contributed by atoms with van der Waals surface area (Å²) >= 11 is 0. The van der Waals surface area contributed by atoms with Crippen molar-refractivity contribution in [3.63, 3.8) is 0 Å². The van der Waals surface area contributed by atoms with Gasteiger partial charge in [0.05, 0.1) is 38.4 Å². The van der Waals surface area contributed by atoms with Crippen molar-refractivity contribution in [1.82, 2.24) is 19.4 Å². The molecule has 1 aliphatic rings. The number of benzene rings is 1. The van der Waals surface area contributed by atoms with Gasteiger partial charge in [0.2, 0.25) is 0 Å². The molecule has 0 saturated carbocycles. The minimum Gasteiger partial charge on any atom is -0.495 e. The van der Waals surface area contributed by atoms with Crippen LogP contribution in [0.5, 0.6) is 5.75 Å². The SMILES string of the molecule is COc1cncc(-c2cnc(Nc3ccc(N4CCOCC4)cc3)c3nccn23)c1. The van der Waals surface area contributed by atoms with E-state index >= 15 is 0 Å². The molecule has 3 aromatic heterocycles. The summed E-state index contributed by atoms with van der Waals surface area (Å²) < 4.78 is 12.7. The van der Waals surface area contributed by atoms with E-state index in [2.05, 4.69) is 49.4 Å². The zero-order valence-electron chi connectivity index (χ0n) is 16.7. The van der Waals surface area contributed by atoms with Gasteiger partial charge in [0, 0.05) is 48.6 Å². The highest BCUT2D eigenvalue weighted by Gasteiger charge is 2.13. The second kappa shape index (κ2) is 8.00. The zero-order valence-corrected chi connectivity index (χ0v) is 16.7. The Balaban J connectivity index is 1.42. The Morgan fingerprint density at radius 1 is 1.03 bits per heavy atom. The smallest absolute Gasteiger partial charge is 0.180 e. The molecule has 4 aromatic rings. The van der Waals surface area contributed by atoms with Crippen LogP contribution in [0.4, 0.5) is 17.2 Å². The Kier molecular flexibility index (Phi) is 4.90. The van der Waals surface area contributed by atoms with Gasteiger partial charge < -0.3 is 19.7 Å². The summed E-state index contributed by atoms with van der Waals surface area (Å²) in [6, 6.07) is 10.3. The summed E-state index contributed by atoms with van der Waals surface area (Å²) in [5, 5.41) is 3.39. The molecule has 4 heterocycles. The van der Waals surface area contributed by atoms with Crippen LogP contribution in [0.15, 0.2) is 61.3 Å². The number of nitrogens with one attached hydrogen (secondary N) is 1. The molecule has 5 rings (SSSR count). The van der Waals surface area contributed by atoms with Crippen LogP contribution < -0.4 is 15.0 Å². The van der Waals surface area contributed by atoms with Crippen molar-refractivity contribution in [3.8, 4) is 17.0 Å². The monoisotopic (exact) mass is 402 g/mol. The van der Waals surface area contributed by atoms with Crippen LogP contribution in [0.3, 0.4) is 0 Å². The van der Waals surface area contributed by atoms with Crippen LogP contribution in [-0.2, 0) is 4.74 Å². The van der Waals surface area contributed by atoms with E-state index in [0.29, 0.717) is 11.6 Å². The predicted molar refractivity (Wildman–Crippen MR) is 116 cm³/mol. The largest absolute Gasteiger partial charge is 0.495 e. The minimum atomic E-state index is 0.693. The van der Waals surface area contributed by atoms with Crippen molar-refractivity contribution >= 4 is 22.8 Å². The van der Waals surface area contributed by atoms with Gasteiger partial charge in [-0.05, 0) is 30.3 Å². The molecule has 0 atom stereocenters. The number of methoxy groups -OCH3 is 1. The van der Waals surface area contributed by atoms with Crippen LogP contribution in [-0.4, -0.2) is 52.8 Å². The Morgan fingerprint density at radius 3 is 2.67 bits per heavy atom. The summed E-state index contributed by atoms with van der Waals surface area (Å²) in [7, 11) is 1.63. The maximum Gasteiger partial charge on any atom is 0.180 e. The normalized spacial score (nSPS) is 14.1. The van der Waals surface area contributed by atoms with Crippen molar-refractivity contribution < 1.29 is 9.47 Å². The molecule has 1 aromatic carbocycles. The third-order valence-corrected chi connectivity index (χ3v) is 5.18. The lowest BCUT2D eigenvalue weighted by Crippen LogP contribution is -2.36. The molecule has 152 valence electrons. The number of aromatic nitrogens is 4. The van der Waals surface area contributed by atoms with Gasteiger partial charge >= 0.3 is 0 Å². The second-order valence-corrected chi connectivity index (χ2v) is 7.00. The minimum absolute atomic E-state index is 0.693. The Bertz CT molecular complexity index is 1150.